The van der Waals surface area contributed by atoms with E-state index >= 15 is 0 Å². The molecule has 6 nitrogen and oxygen atoms in total. The molecule has 1 amide bonds. The number of carboxylic acids is 1. The van der Waals surface area contributed by atoms with Crippen LogP contribution in [0.1, 0.15) is 22.5 Å². The number of carboxylic acid groups (broad SMARTS) is 1. The van der Waals surface area contributed by atoms with E-state index in [0.717, 1.165) is 5.56 Å². The molecule has 0 radical (unpaired) electrons. The SMILES string of the molecule is O=C(NC(O)(CCc1ccccc1)C(=O)O)c1[nH]c2ccccc2c1Cl. The number of aryl methyl sites for hydroxylation is 1. The normalized spacial score (nSPS) is 13.3. The van der Waals surface area contributed by atoms with Crippen LogP contribution in [0.3, 0.4) is 0 Å². The Hall–Kier alpha value is -2.83. The van der Waals surface area contributed by atoms with Crippen LogP contribution in [0.2, 0.25) is 5.02 Å². The minimum Gasteiger partial charge on any atom is -0.478 e. The predicted molar refractivity (Wildman–Crippen MR) is 98.1 cm³/mol. The fraction of sp³-hybridized carbons (Fsp3) is 0.158. The van der Waals surface area contributed by atoms with Crippen molar-refractivity contribution in [1.29, 1.82) is 0 Å². The van der Waals surface area contributed by atoms with Gasteiger partial charge in [0.05, 0.1) is 5.02 Å². The van der Waals surface area contributed by atoms with E-state index in [4.69, 9.17) is 11.6 Å². The Balaban J connectivity index is 1.81. The molecule has 1 atom stereocenters. The highest BCUT2D eigenvalue weighted by Gasteiger charge is 2.38. The van der Waals surface area contributed by atoms with Gasteiger partial charge in [0.2, 0.25) is 5.72 Å². The number of para-hydroxylation sites is 1. The van der Waals surface area contributed by atoms with Gasteiger partial charge in [0.1, 0.15) is 5.69 Å². The van der Waals surface area contributed by atoms with Crippen LogP contribution in [0.25, 0.3) is 10.9 Å². The molecule has 134 valence electrons. The summed E-state index contributed by atoms with van der Waals surface area (Å²) in [6.45, 7) is 0. The number of nitrogens with one attached hydrogen (secondary N) is 2. The molecule has 0 aliphatic rings. The van der Waals surface area contributed by atoms with Crippen LogP contribution >= 0.6 is 11.6 Å². The standard InChI is InChI=1S/C19H17ClN2O4/c20-15-13-8-4-5-9-14(13)21-16(15)17(23)22-19(26,18(24)25)11-10-12-6-2-1-3-7-12/h1-9,21,26H,10-11H2,(H,22,23)(H,24,25). The van der Waals surface area contributed by atoms with Crippen molar-refractivity contribution >= 4 is 34.4 Å². The minimum absolute atomic E-state index is 0.00672. The zero-order valence-corrected chi connectivity index (χ0v) is 14.5. The maximum atomic E-state index is 12.5. The number of halogens is 1. The molecule has 1 heterocycles. The molecule has 1 unspecified atom stereocenters. The molecule has 4 N–H and O–H groups in total. The lowest BCUT2D eigenvalue weighted by Crippen LogP contribution is -2.55. The summed E-state index contributed by atoms with van der Waals surface area (Å²) in [6.07, 6.45) is 0.0975. The van der Waals surface area contributed by atoms with E-state index < -0.39 is 17.6 Å². The molecular weight excluding hydrogens is 356 g/mol. The van der Waals surface area contributed by atoms with Crippen LogP contribution in [-0.2, 0) is 11.2 Å². The van der Waals surface area contributed by atoms with Crippen molar-refractivity contribution in [3.05, 3.63) is 70.9 Å². The summed E-state index contributed by atoms with van der Waals surface area (Å²) in [7, 11) is 0. The topological polar surface area (TPSA) is 102 Å². The summed E-state index contributed by atoms with van der Waals surface area (Å²) in [6, 6.07) is 16.2. The number of hydrogen-bond acceptors (Lipinski definition) is 3. The van der Waals surface area contributed by atoms with E-state index in [0.29, 0.717) is 10.9 Å². The van der Waals surface area contributed by atoms with Gasteiger partial charge >= 0.3 is 5.97 Å². The second kappa shape index (κ2) is 7.19. The summed E-state index contributed by atoms with van der Waals surface area (Å²) in [5.74, 6) is -2.32. The van der Waals surface area contributed by atoms with Gasteiger partial charge < -0.3 is 20.5 Å². The lowest BCUT2D eigenvalue weighted by molar-refractivity contribution is -0.161. The molecule has 0 saturated heterocycles. The maximum Gasteiger partial charge on any atom is 0.357 e. The fourth-order valence-electron chi connectivity index (χ4n) is 2.71. The van der Waals surface area contributed by atoms with Gasteiger partial charge in [0.15, 0.2) is 0 Å². The summed E-state index contributed by atoms with van der Waals surface area (Å²) in [5.41, 5.74) is -0.906. The summed E-state index contributed by atoms with van der Waals surface area (Å²) < 4.78 is 0. The van der Waals surface area contributed by atoms with Crippen molar-refractivity contribution in [2.45, 2.75) is 18.6 Å². The molecule has 3 aromatic rings. The van der Waals surface area contributed by atoms with Gasteiger partial charge in [-0.25, -0.2) is 4.79 Å². The number of hydrogen-bond donors (Lipinski definition) is 4. The lowest BCUT2D eigenvalue weighted by Gasteiger charge is -2.24. The monoisotopic (exact) mass is 372 g/mol. The maximum absolute atomic E-state index is 12.5. The highest BCUT2D eigenvalue weighted by molar-refractivity contribution is 6.38. The largest absolute Gasteiger partial charge is 0.478 e. The quantitative estimate of drug-likeness (QED) is 0.499. The minimum atomic E-state index is -2.41. The number of aliphatic hydroxyl groups is 1. The number of fused-ring (bicyclic) bond motifs is 1. The Morgan fingerprint density at radius 3 is 2.38 bits per heavy atom. The second-order valence-corrected chi connectivity index (χ2v) is 6.34. The Morgan fingerprint density at radius 2 is 1.73 bits per heavy atom. The molecular formula is C19H17ClN2O4. The first-order valence-corrected chi connectivity index (χ1v) is 8.37. The van der Waals surface area contributed by atoms with E-state index in [1.54, 1.807) is 24.3 Å². The zero-order chi connectivity index (χ0) is 18.7. The second-order valence-electron chi connectivity index (χ2n) is 5.96. The van der Waals surface area contributed by atoms with Crippen molar-refractivity contribution < 1.29 is 19.8 Å². The predicted octanol–water partition coefficient (Wildman–Crippen LogP) is 2.96. The molecule has 7 heteroatoms. The third-order valence-electron chi connectivity index (χ3n) is 4.16. The molecule has 3 rings (SSSR count). The molecule has 2 aromatic carbocycles. The van der Waals surface area contributed by atoms with Crippen molar-refractivity contribution in [3.8, 4) is 0 Å². The van der Waals surface area contributed by atoms with Crippen molar-refractivity contribution in [2.75, 3.05) is 0 Å². The number of amides is 1. The fourth-order valence-corrected chi connectivity index (χ4v) is 3.01. The third-order valence-corrected chi connectivity index (χ3v) is 4.55. The summed E-state index contributed by atoms with van der Waals surface area (Å²) >= 11 is 6.21. The van der Waals surface area contributed by atoms with Gasteiger partial charge in [-0.05, 0) is 18.1 Å². The smallest absolute Gasteiger partial charge is 0.357 e. The molecule has 0 aliphatic heterocycles. The first-order chi connectivity index (χ1) is 12.4. The van der Waals surface area contributed by atoms with Crippen molar-refractivity contribution in [2.24, 2.45) is 0 Å². The highest BCUT2D eigenvalue weighted by Crippen LogP contribution is 2.27. The summed E-state index contributed by atoms with van der Waals surface area (Å²) in [5, 5.41) is 22.9. The van der Waals surface area contributed by atoms with E-state index in [-0.39, 0.29) is 23.6 Å². The molecule has 0 bridgehead atoms. The molecule has 0 saturated carbocycles. The van der Waals surface area contributed by atoms with Gasteiger partial charge in [0.25, 0.3) is 5.91 Å². The van der Waals surface area contributed by atoms with E-state index in [2.05, 4.69) is 10.3 Å². The van der Waals surface area contributed by atoms with Gasteiger partial charge in [-0.1, -0.05) is 60.1 Å². The molecule has 0 aliphatic carbocycles. The van der Waals surface area contributed by atoms with Crippen LogP contribution in [-0.4, -0.2) is 32.8 Å². The average molecular weight is 373 g/mol. The van der Waals surface area contributed by atoms with Crippen molar-refractivity contribution in [1.82, 2.24) is 10.3 Å². The van der Waals surface area contributed by atoms with E-state index in [1.807, 2.05) is 30.3 Å². The van der Waals surface area contributed by atoms with Crippen LogP contribution in [0.15, 0.2) is 54.6 Å². The van der Waals surface area contributed by atoms with Gasteiger partial charge in [-0.3, -0.25) is 4.79 Å². The van der Waals surface area contributed by atoms with E-state index in [9.17, 15) is 19.8 Å². The molecule has 1 aromatic heterocycles. The number of benzene rings is 2. The number of H-pyrrole nitrogens is 1. The molecule has 0 spiro atoms. The Bertz CT molecular complexity index is 955. The first kappa shape index (κ1) is 18.0. The summed E-state index contributed by atoms with van der Waals surface area (Å²) in [4.78, 5) is 26.9. The molecule has 26 heavy (non-hydrogen) atoms. The Kier molecular flexibility index (Phi) is 4.97. The number of aromatic amines is 1. The van der Waals surface area contributed by atoms with Gasteiger partial charge in [-0.15, -0.1) is 0 Å². The van der Waals surface area contributed by atoms with Gasteiger partial charge in [-0.2, -0.15) is 0 Å². The molecule has 0 fully saturated rings. The average Bonchev–Trinajstić information content (AvgIpc) is 2.98. The number of aliphatic carboxylic acids is 1. The zero-order valence-electron chi connectivity index (χ0n) is 13.7. The van der Waals surface area contributed by atoms with Crippen LogP contribution < -0.4 is 5.32 Å². The van der Waals surface area contributed by atoms with E-state index in [1.165, 1.54) is 0 Å². The van der Waals surface area contributed by atoms with Crippen LogP contribution in [0.5, 0.6) is 0 Å². The van der Waals surface area contributed by atoms with Crippen molar-refractivity contribution in [3.63, 3.8) is 0 Å². The number of aromatic nitrogens is 1. The third kappa shape index (κ3) is 3.56. The Morgan fingerprint density at radius 1 is 1.08 bits per heavy atom. The highest BCUT2D eigenvalue weighted by atomic mass is 35.5. The lowest BCUT2D eigenvalue weighted by atomic mass is 10.0. The van der Waals surface area contributed by atoms with Crippen LogP contribution in [0.4, 0.5) is 0 Å². The number of carbonyl (C=O) groups is 2. The number of carbonyl (C=O) groups excluding carboxylic acids is 1. The Labute approximate surface area is 154 Å². The first-order valence-electron chi connectivity index (χ1n) is 7.99. The van der Waals surface area contributed by atoms with Gasteiger partial charge in [0, 0.05) is 17.3 Å². The number of rotatable bonds is 6. The van der Waals surface area contributed by atoms with Crippen LogP contribution in [0, 0.1) is 0 Å².